The molecule has 2 nitrogen and oxygen atoms in total. The molecule has 0 aromatic carbocycles. The second kappa shape index (κ2) is 4.29. The van der Waals surface area contributed by atoms with Crippen molar-refractivity contribution in [3.8, 4) is 0 Å². The van der Waals surface area contributed by atoms with Gasteiger partial charge in [-0.1, -0.05) is 19.4 Å². The second-order valence-electron chi connectivity index (χ2n) is 3.51. The largest absolute Gasteiger partial charge is 0.513 e. The first-order valence-corrected chi connectivity index (χ1v) is 4.59. The van der Waals surface area contributed by atoms with E-state index in [1.54, 1.807) is 0 Å². The minimum Gasteiger partial charge on any atom is -0.513 e. The minimum absolute atomic E-state index is 0.126. The van der Waals surface area contributed by atoms with Crippen LogP contribution in [0.3, 0.4) is 0 Å². The van der Waals surface area contributed by atoms with E-state index >= 15 is 0 Å². The predicted octanol–water partition coefficient (Wildman–Crippen LogP) is 2.60. The topological polar surface area (TPSA) is 37.3 Å². The zero-order valence-corrected chi connectivity index (χ0v) is 7.38. The molecule has 68 valence electrons. The Hall–Kier alpha value is -0.790. The number of carbonyl (C=O) groups is 1. The third-order valence-electron chi connectivity index (χ3n) is 2.47. The van der Waals surface area contributed by atoms with E-state index in [0.717, 1.165) is 12.8 Å². The molecule has 1 fully saturated rings. The summed E-state index contributed by atoms with van der Waals surface area (Å²) in [4.78, 5) is 11.4. The van der Waals surface area contributed by atoms with Gasteiger partial charge in [-0.15, -0.1) is 0 Å². The van der Waals surface area contributed by atoms with E-state index in [1.165, 1.54) is 12.8 Å². The average Bonchev–Trinajstić information content (AvgIpc) is 2.51. The van der Waals surface area contributed by atoms with E-state index in [4.69, 9.17) is 5.11 Å². The number of aliphatic hydroxyl groups excluding tert-OH is 1. The second-order valence-corrected chi connectivity index (χ2v) is 3.51. The zero-order valence-electron chi connectivity index (χ0n) is 7.38. The van der Waals surface area contributed by atoms with E-state index in [0.29, 0.717) is 18.6 Å². The Morgan fingerprint density at radius 1 is 1.33 bits per heavy atom. The highest BCUT2D eigenvalue weighted by atomic mass is 16.3. The molecule has 0 atom stereocenters. The molecule has 0 spiro atoms. The van der Waals surface area contributed by atoms with Gasteiger partial charge in [-0.25, -0.2) is 0 Å². The Morgan fingerprint density at radius 2 is 1.92 bits per heavy atom. The lowest BCUT2D eigenvalue weighted by molar-refractivity contribution is -0.122. The zero-order chi connectivity index (χ0) is 8.97. The maximum absolute atomic E-state index is 11.4. The van der Waals surface area contributed by atoms with E-state index < -0.39 is 0 Å². The third kappa shape index (κ3) is 2.68. The number of Topliss-reactive ketones (excluding diaryl/α,β-unsaturated/α-hetero) is 1. The number of rotatable bonds is 4. The summed E-state index contributed by atoms with van der Waals surface area (Å²) >= 11 is 0. The molecular weight excluding hydrogens is 152 g/mol. The molecular formula is C10H16O2. The van der Waals surface area contributed by atoms with Crippen LogP contribution in [0.4, 0.5) is 0 Å². The van der Waals surface area contributed by atoms with Crippen molar-refractivity contribution in [3.63, 3.8) is 0 Å². The lowest BCUT2D eigenvalue weighted by Gasteiger charge is -2.06. The number of ketones is 1. The standard InChI is InChI=1S/C10H16O2/c1-8(11)6-7-10(12)9-4-2-3-5-9/h9,11H,1-7H2. The van der Waals surface area contributed by atoms with Crippen molar-refractivity contribution in [2.24, 2.45) is 5.92 Å². The number of allylic oxidation sites excluding steroid dienone is 1. The molecule has 1 saturated carbocycles. The van der Waals surface area contributed by atoms with Gasteiger partial charge >= 0.3 is 0 Å². The van der Waals surface area contributed by atoms with Crippen LogP contribution >= 0.6 is 0 Å². The van der Waals surface area contributed by atoms with E-state index in [1.807, 2.05) is 0 Å². The van der Waals surface area contributed by atoms with Crippen LogP contribution in [0.15, 0.2) is 12.3 Å². The van der Waals surface area contributed by atoms with Gasteiger partial charge in [-0.05, 0) is 12.8 Å². The number of hydrogen-bond acceptors (Lipinski definition) is 2. The molecule has 0 unspecified atom stereocenters. The third-order valence-corrected chi connectivity index (χ3v) is 2.47. The lowest BCUT2D eigenvalue weighted by Crippen LogP contribution is -2.10. The van der Waals surface area contributed by atoms with Gasteiger partial charge in [0.2, 0.25) is 0 Å². The minimum atomic E-state index is 0.126. The van der Waals surface area contributed by atoms with Gasteiger partial charge < -0.3 is 5.11 Å². The average molecular weight is 168 g/mol. The van der Waals surface area contributed by atoms with E-state index in [2.05, 4.69) is 6.58 Å². The molecule has 0 amide bonds. The van der Waals surface area contributed by atoms with Gasteiger partial charge in [-0.3, -0.25) is 4.79 Å². The number of carbonyl (C=O) groups excluding carboxylic acids is 1. The first-order valence-electron chi connectivity index (χ1n) is 4.59. The Morgan fingerprint density at radius 3 is 2.42 bits per heavy atom. The molecule has 0 saturated heterocycles. The Labute approximate surface area is 73.3 Å². The van der Waals surface area contributed by atoms with Crippen LogP contribution in [-0.2, 0) is 4.79 Å². The van der Waals surface area contributed by atoms with Crippen LogP contribution in [-0.4, -0.2) is 10.9 Å². The molecule has 0 radical (unpaired) electrons. The lowest BCUT2D eigenvalue weighted by atomic mass is 9.99. The molecule has 1 N–H and O–H groups in total. The van der Waals surface area contributed by atoms with Gasteiger partial charge in [0.1, 0.15) is 5.78 Å². The van der Waals surface area contributed by atoms with Gasteiger partial charge in [0.25, 0.3) is 0 Å². The summed E-state index contributed by atoms with van der Waals surface area (Å²) in [5, 5.41) is 8.80. The van der Waals surface area contributed by atoms with Crippen LogP contribution in [0.5, 0.6) is 0 Å². The highest BCUT2D eigenvalue weighted by Gasteiger charge is 2.21. The molecule has 0 aromatic heterocycles. The van der Waals surface area contributed by atoms with Crippen molar-refractivity contribution in [2.75, 3.05) is 0 Å². The quantitative estimate of drug-likeness (QED) is 0.655. The van der Waals surface area contributed by atoms with Crippen molar-refractivity contribution in [3.05, 3.63) is 12.3 Å². The van der Waals surface area contributed by atoms with Crippen molar-refractivity contribution in [2.45, 2.75) is 38.5 Å². The van der Waals surface area contributed by atoms with Gasteiger partial charge in [0.05, 0.1) is 5.76 Å². The van der Waals surface area contributed by atoms with Crippen molar-refractivity contribution in [1.29, 1.82) is 0 Å². The van der Waals surface area contributed by atoms with E-state index in [-0.39, 0.29) is 11.7 Å². The van der Waals surface area contributed by atoms with E-state index in [9.17, 15) is 4.79 Å². The fraction of sp³-hybridized carbons (Fsp3) is 0.700. The monoisotopic (exact) mass is 168 g/mol. The van der Waals surface area contributed by atoms with Gasteiger partial charge in [0.15, 0.2) is 0 Å². The SMILES string of the molecule is C=C(O)CCC(=O)C1CCCC1. The summed E-state index contributed by atoms with van der Waals surface area (Å²) in [6.07, 6.45) is 5.40. The summed E-state index contributed by atoms with van der Waals surface area (Å²) in [5.74, 6) is 0.716. The Balaban J connectivity index is 2.23. The Bertz CT molecular complexity index is 178. The molecule has 0 heterocycles. The Kier molecular flexibility index (Phi) is 3.32. The van der Waals surface area contributed by atoms with Crippen LogP contribution in [0, 0.1) is 5.92 Å². The molecule has 2 heteroatoms. The first-order chi connectivity index (χ1) is 5.70. The molecule has 12 heavy (non-hydrogen) atoms. The summed E-state index contributed by atoms with van der Waals surface area (Å²) in [5.41, 5.74) is 0. The van der Waals surface area contributed by atoms with Crippen LogP contribution in [0.2, 0.25) is 0 Å². The molecule has 1 rings (SSSR count). The molecule has 0 bridgehead atoms. The summed E-state index contributed by atoms with van der Waals surface area (Å²) in [7, 11) is 0. The fourth-order valence-electron chi connectivity index (χ4n) is 1.72. The number of aliphatic hydroxyl groups is 1. The fourth-order valence-corrected chi connectivity index (χ4v) is 1.72. The highest BCUT2D eigenvalue weighted by Crippen LogP contribution is 2.26. The van der Waals surface area contributed by atoms with Crippen molar-refractivity contribution >= 4 is 5.78 Å². The summed E-state index contributed by atoms with van der Waals surface area (Å²) < 4.78 is 0. The molecule has 1 aliphatic carbocycles. The predicted molar refractivity (Wildman–Crippen MR) is 48.0 cm³/mol. The summed E-state index contributed by atoms with van der Waals surface area (Å²) in [6, 6.07) is 0. The first kappa shape index (κ1) is 9.30. The van der Waals surface area contributed by atoms with Gasteiger partial charge in [0, 0.05) is 18.8 Å². The van der Waals surface area contributed by atoms with Crippen LogP contribution in [0.1, 0.15) is 38.5 Å². The normalized spacial score (nSPS) is 18.0. The van der Waals surface area contributed by atoms with Gasteiger partial charge in [-0.2, -0.15) is 0 Å². The van der Waals surface area contributed by atoms with Crippen molar-refractivity contribution < 1.29 is 9.90 Å². The number of hydrogen-bond donors (Lipinski definition) is 1. The summed E-state index contributed by atoms with van der Waals surface area (Å²) in [6.45, 7) is 3.36. The maximum atomic E-state index is 11.4. The maximum Gasteiger partial charge on any atom is 0.136 e. The molecule has 0 aromatic rings. The van der Waals surface area contributed by atoms with Crippen molar-refractivity contribution in [1.82, 2.24) is 0 Å². The van der Waals surface area contributed by atoms with Crippen LogP contribution < -0.4 is 0 Å². The smallest absolute Gasteiger partial charge is 0.136 e. The molecule has 1 aliphatic rings. The highest BCUT2D eigenvalue weighted by molar-refractivity contribution is 5.81. The van der Waals surface area contributed by atoms with Crippen LogP contribution in [0.25, 0.3) is 0 Å². The molecule has 0 aliphatic heterocycles.